The van der Waals surface area contributed by atoms with E-state index in [1.165, 1.54) is 91.6 Å². The highest BCUT2D eigenvalue weighted by Crippen LogP contribution is 2.63. The summed E-state index contributed by atoms with van der Waals surface area (Å²) in [6.07, 6.45) is 0. The van der Waals surface area contributed by atoms with Crippen LogP contribution in [0.2, 0.25) is 0 Å². The molecule has 3 heterocycles. The van der Waals surface area contributed by atoms with E-state index in [9.17, 15) is 0 Å². The van der Waals surface area contributed by atoms with E-state index in [1.54, 1.807) is 0 Å². The third-order valence-electron chi connectivity index (χ3n) is 10.9. The molecule has 0 saturated carbocycles. The minimum atomic E-state index is -0.486. The second-order valence-corrected chi connectivity index (χ2v) is 15.7. The van der Waals surface area contributed by atoms with Gasteiger partial charge in [0.25, 0.3) is 0 Å². The Morgan fingerprint density at radius 2 is 0.981 bits per heavy atom. The van der Waals surface area contributed by atoms with E-state index in [0.29, 0.717) is 0 Å². The molecule has 0 saturated heterocycles. The Balaban J connectivity index is 1.27. The average molecular weight is 698 g/mol. The van der Waals surface area contributed by atoms with Crippen LogP contribution in [0.1, 0.15) is 22.3 Å². The molecule has 0 unspecified atom stereocenters. The summed E-state index contributed by atoms with van der Waals surface area (Å²) < 4.78 is 2.46. The number of hydrogen-bond acceptors (Lipinski definition) is 2. The monoisotopic (exact) mass is 697 g/mol. The number of nitrogens with zero attached hydrogens (tertiary/aromatic N) is 1. The molecule has 1 spiro atoms. The van der Waals surface area contributed by atoms with Gasteiger partial charge in [0.1, 0.15) is 0 Å². The first-order valence-corrected chi connectivity index (χ1v) is 19.4. The van der Waals surface area contributed by atoms with Gasteiger partial charge in [-0.15, -0.1) is 0 Å². The zero-order valence-electron chi connectivity index (χ0n) is 28.2. The first kappa shape index (κ1) is 29.9. The number of hydrogen-bond donors (Lipinski definition) is 0. The van der Waals surface area contributed by atoms with E-state index < -0.39 is 5.41 Å². The van der Waals surface area contributed by atoms with Gasteiger partial charge in [0.2, 0.25) is 0 Å². The highest BCUT2D eigenvalue weighted by molar-refractivity contribution is 8.00. The molecule has 0 radical (unpaired) electrons. The smallest absolute Gasteiger partial charge is 0.0745 e. The van der Waals surface area contributed by atoms with Gasteiger partial charge >= 0.3 is 0 Å². The fourth-order valence-electron chi connectivity index (χ4n) is 8.79. The van der Waals surface area contributed by atoms with Gasteiger partial charge in [0.15, 0.2) is 0 Å². The van der Waals surface area contributed by atoms with Gasteiger partial charge in [0.05, 0.1) is 16.4 Å². The van der Waals surface area contributed by atoms with Crippen LogP contribution in [-0.2, 0) is 5.41 Å². The summed E-state index contributed by atoms with van der Waals surface area (Å²) >= 11 is 3.82. The van der Waals surface area contributed by atoms with Crippen LogP contribution < -0.4 is 0 Å². The van der Waals surface area contributed by atoms with Crippen LogP contribution in [0.4, 0.5) is 0 Å². The molecule has 52 heavy (non-hydrogen) atoms. The van der Waals surface area contributed by atoms with Crippen molar-refractivity contribution in [3.05, 3.63) is 210 Å². The van der Waals surface area contributed by atoms with E-state index >= 15 is 0 Å². The van der Waals surface area contributed by atoms with Crippen molar-refractivity contribution >= 4 is 45.3 Å². The summed E-state index contributed by atoms with van der Waals surface area (Å²) in [7, 11) is 0. The average Bonchev–Trinajstić information content (AvgIpc) is 3.56. The molecule has 1 aromatic heterocycles. The lowest BCUT2D eigenvalue weighted by atomic mass is 9.64. The first-order chi connectivity index (χ1) is 25.8. The molecule has 9 aromatic rings. The largest absolute Gasteiger partial charge is 0.309 e. The van der Waals surface area contributed by atoms with E-state index in [2.05, 4.69) is 193 Å². The lowest BCUT2D eigenvalue weighted by Crippen LogP contribution is -2.36. The highest BCUT2D eigenvalue weighted by atomic mass is 32.2. The fourth-order valence-corrected chi connectivity index (χ4v) is 11.3. The van der Waals surface area contributed by atoms with Gasteiger partial charge in [-0.3, -0.25) is 0 Å². The summed E-state index contributed by atoms with van der Waals surface area (Å²) in [6.45, 7) is 0. The topological polar surface area (TPSA) is 4.93 Å². The molecule has 0 amide bonds. The molecule has 2 aliphatic rings. The first-order valence-electron chi connectivity index (χ1n) is 17.8. The lowest BCUT2D eigenvalue weighted by molar-refractivity contribution is 0.668. The maximum atomic E-state index is 2.46. The van der Waals surface area contributed by atoms with Crippen molar-refractivity contribution in [2.75, 3.05) is 0 Å². The van der Waals surface area contributed by atoms with Gasteiger partial charge in [-0.2, -0.15) is 0 Å². The van der Waals surface area contributed by atoms with Crippen molar-refractivity contribution in [3.8, 4) is 27.9 Å². The van der Waals surface area contributed by atoms with E-state index in [4.69, 9.17) is 0 Å². The highest BCUT2D eigenvalue weighted by Gasteiger charge is 2.49. The van der Waals surface area contributed by atoms with Crippen molar-refractivity contribution in [1.29, 1.82) is 0 Å². The minimum Gasteiger partial charge on any atom is -0.309 e. The van der Waals surface area contributed by atoms with Crippen LogP contribution in [-0.4, -0.2) is 4.57 Å². The zero-order chi connectivity index (χ0) is 34.2. The van der Waals surface area contributed by atoms with Gasteiger partial charge in [-0.05, 0) is 75.3 Å². The van der Waals surface area contributed by atoms with Gasteiger partial charge in [-0.25, -0.2) is 0 Å². The normalized spacial score (nSPS) is 13.8. The number of fused-ring (bicyclic) bond motifs is 11. The summed E-state index contributed by atoms with van der Waals surface area (Å²) in [5.74, 6) is 0. The Labute approximate surface area is 311 Å². The van der Waals surface area contributed by atoms with Gasteiger partial charge in [0, 0.05) is 41.6 Å². The van der Waals surface area contributed by atoms with E-state index in [0.717, 1.165) is 0 Å². The molecular weight excluding hydrogens is 667 g/mol. The number of aromatic nitrogens is 1. The molecule has 3 heteroatoms. The van der Waals surface area contributed by atoms with Crippen LogP contribution in [0.25, 0.3) is 49.7 Å². The minimum absolute atomic E-state index is 0.486. The van der Waals surface area contributed by atoms with Crippen molar-refractivity contribution in [3.63, 3.8) is 0 Å². The predicted octanol–water partition coefficient (Wildman–Crippen LogP) is 13.4. The Morgan fingerprint density at radius 1 is 0.385 bits per heavy atom. The van der Waals surface area contributed by atoms with Crippen molar-refractivity contribution in [2.45, 2.75) is 25.0 Å². The summed E-state index contributed by atoms with van der Waals surface area (Å²) in [6, 6.07) is 69.7. The van der Waals surface area contributed by atoms with Crippen LogP contribution in [0, 0.1) is 0 Å². The van der Waals surface area contributed by atoms with Crippen LogP contribution in [0.3, 0.4) is 0 Å². The van der Waals surface area contributed by atoms with E-state index in [1.807, 2.05) is 23.5 Å². The Bertz CT molecular complexity index is 2810. The Morgan fingerprint density at radius 3 is 1.77 bits per heavy atom. The molecule has 0 fully saturated rings. The van der Waals surface area contributed by atoms with Crippen LogP contribution in [0.15, 0.2) is 208 Å². The van der Waals surface area contributed by atoms with Crippen molar-refractivity contribution < 1.29 is 0 Å². The molecule has 0 bridgehead atoms. The summed E-state index contributed by atoms with van der Waals surface area (Å²) in [4.78, 5) is 5.24. The molecular formula is C49H31NS2. The molecule has 1 nitrogen and oxygen atoms in total. The summed E-state index contributed by atoms with van der Waals surface area (Å²) in [5.41, 5.74) is 13.5. The van der Waals surface area contributed by atoms with Crippen molar-refractivity contribution in [2.24, 2.45) is 0 Å². The Hall–Kier alpha value is -5.74. The van der Waals surface area contributed by atoms with Crippen LogP contribution >= 0.6 is 23.5 Å². The summed E-state index contributed by atoms with van der Waals surface area (Å²) in [5, 5.41) is 2.53. The Kier molecular flexibility index (Phi) is 6.70. The molecule has 2 aliphatic heterocycles. The third-order valence-corrected chi connectivity index (χ3v) is 13.3. The lowest BCUT2D eigenvalue weighted by Gasteiger charge is -2.46. The molecule has 0 atom stereocenters. The molecule has 244 valence electrons. The van der Waals surface area contributed by atoms with Crippen LogP contribution in [0.5, 0.6) is 0 Å². The number of rotatable bonds is 3. The quantitative estimate of drug-likeness (QED) is 0.181. The fraction of sp³-hybridized carbons (Fsp3) is 0.0204. The third kappa shape index (κ3) is 4.21. The van der Waals surface area contributed by atoms with E-state index in [-0.39, 0.29) is 0 Å². The van der Waals surface area contributed by atoms with Gasteiger partial charge < -0.3 is 4.57 Å². The number of benzene rings is 8. The maximum absolute atomic E-state index is 2.46. The second kappa shape index (κ2) is 11.6. The second-order valence-electron chi connectivity index (χ2n) is 13.6. The SMILES string of the molecule is c1ccc(-c2ccc3c(c2)Sc2c(-c4cccc5c6ccccc6n(-c6ccccc6)c45)cccc2C32c3ccccc3Sc3ccccc32)cc1. The predicted molar refractivity (Wildman–Crippen MR) is 218 cm³/mol. The number of para-hydroxylation sites is 3. The van der Waals surface area contributed by atoms with Crippen molar-refractivity contribution in [1.82, 2.24) is 4.57 Å². The standard InChI is InChI=1S/C49H31NS2/c1-3-15-32(16-4-1)33-29-30-41-46(31-33)52-48-38(22-14-25-42(48)49(41)39-23-8-11-27-44(39)51-45-28-12-9-24-40(45)49)37-21-13-20-36-35-19-7-10-26-43(35)50(47(36)37)34-17-5-2-6-18-34/h1-31H. The molecule has 0 N–H and O–H groups in total. The zero-order valence-corrected chi connectivity index (χ0v) is 29.8. The molecule has 11 rings (SSSR count). The van der Waals surface area contributed by atoms with Gasteiger partial charge in [-0.1, -0.05) is 175 Å². The molecule has 8 aromatic carbocycles. The molecule has 0 aliphatic carbocycles. The maximum Gasteiger partial charge on any atom is 0.0745 e.